The minimum Gasteiger partial charge on any atom is -1.00 e. The van der Waals surface area contributed by atoms with Crippen LogP contribution in [0.2, 0.25) is 0 Å². The van der Waals surface area contributed by atoms with Crippen LogP contribution >= 0.6 is 0 Å². The topological polar surface area (TPSA) is 0 Å². The molecule has 2 aliphatic carbocycles. The maximum atomic E-state index is 2.99. The molecule has 0 heterocycles. The number of hydrogen-bond acceptors (Lipinski definition) is 0. The molecule has 2 aliphatic rings. The molecule has 0 amide bonds. The Bertz CT molecular complexity index is 162. The van der Waals surface area contributed by atoms with Gasteiger partial charge >= 0.3 is 25.8 Å². The van der Waals surface area contributed by atoms with Crippen molar-refractivity contribution < 1.29 is 84.8 Å². The molecule has 0 aromatic carbocycles. The normalized spacial score (nSPS) is 7.65. The van der Waals surface area contributed by atoms with E-state index in [2.05, 4.69) is 24.3 Å². The monoisotopic (exact) mass is 583 g/mol. The third-order valence-electron chi connectivity index (χ3n) is 1.17. The van der Waals surface area contributed by atoms with Crippen LogP contribution in [-0.2, 0) is 47.6 Å². The van der Waals surface area contributed by atoms with Crippen molar-refractivity contribution in [2.24, 2.45) is 0 Å². The third kappa shape index (κ3) is 82.4. The predicted molar refractivity (Wildman–Crippen MR) is 94.5 cm³/mol. The molecule has 0 saturated carbocycles. The molecule has 0 fully saturated rings. The summed E-state index contributed by atoms with van der Waals surface area (Å²) in [6.07, 6.45) is 20.0. The van der Waals surface area contributed by atoms with Crippen LogP contribution < -0.4 is 37.2 Å². The fraction of sp³-hybridized carbons (Fsp3) is 0.111. The van der Waals surface area contributed by atoms with Gasteiger partial charge in [0.1, 0.15) is 0 Å². The van der Waals surface area contributed by atoms with Gasteiger partial charge in [-0.3, -0.25) is 12.2 Å². The first-order valence-electron chi connectivity index (χ1n) is 3.43. The summed E-state index contributed by atoms with van der Waals surface area (Å²) < 4.78 is 0. The average Bonchev–Trinajstić information content (AvgIpc) is 2.67. The molecule has 0 unspecified atom stereocenters. The summed E-state index contributed by atoms with van der Waals surface area (Å²) in [5.41, 5.74) is 0. The summed E-state index contributed by atoms with van der Waals surface area (Å²) in [7, 11) is 0. The van der Waals surface area contributed by atoms with Crippen molar-refractivity contribution in [3.05, 3.63) is 108 Å². The quantitative estimate of drug-likeness (QED) is 0.214. The van der Waals surface area contributed by atoms with Crippen LogP contribution in [0.3, 0.4) is 0 Å². The SMILES string of the molecule is [C-]1=CC=CC1.[C-]1=CC=CC1.[CH3-].[CH3-].[CH3-].[CH3-].[CH3-].[CH3-].[CH3-].[CH3-].[Cl-].[Cl-].[Cl-].[Hf+4].[Ti]. The Morgan fingerprint density at radius 3 is 0.783 bits per heavy atom. The number of halogens is 3. The Kier molecular flexibility index (Phi) is 403. The molecule has 0 aliphatic heterocycles. The average molecular weight is 583 g/mol. The third-order valence-corrected chi connectivity index (χ3v) is 1.17. The minimum absolute atomic E-state index is 0. The Balaban J connectivity index is -0.00000000505. The van der Waals surface area contributed by atoms with Crippen molar-refractivity contribution in [2.45, 2.75) is 12.8 Å². The van der Waals surface area contributed by atoms with Gasteiger partial charge in [0.05, 0.1) is 0 Å². The van der Waals surface area contributed by atoms with Crippen molar-refractivity contribution >= 4 is 0 Å². The summed E-state index contributed by atoms with van der Waals surface area (Å²) in [6, 6.07) is 0. The molecule has 0 bridgehead atoms. The zero-order valence-electron chi connectivity index (χ0n) is 16.0. The second kappa shape index (κ2) is 90.3. The van der Waals surface area contributed by atoms with Crippen LogP contribution in [0.15, 0.2) is 36.5 Å². The standard InChI is InChI=1S/2C5H5.8CH3.3ClH.Hf.Ti/c2*1-2-4-5-3-1;;;;;;;;;;;;;/h2*1-3H,4H2;8*1H3;3*1H;;/q10*-1;;;;+4;/p-3. The van der Waals surface area contributed by atoms with E-state index in [1.165, 1.54) is 0 Å². The Labute approximate surface area is 204 Å². The van der Waals surface area contributed by atoms with Crippen LogP contribution in [0, 0.1) is 71.6 Å². The van der Waals surface area contributed by atoms with Crippen molar-refractivity contribution in [1.82, 2.24) is 0 Å². The van der Waals surface area contributed by atoms with Crippen molar-refractivity contribution in [1.29, 1.82) is 0 Å². The number of allylic oxidation sites excluding steroid dienone is 8. The number of rotatable bonds is 0. The number of hydrogen-bond donors (Lipinski definition) is 0. The fourth-order valence-electron chi connectivity index (χ4n) is 0.680. The summed E-state index contributed by atoms with van der Waals surface area (Å²) in [5.74, 6) is 0. The van der Waals surface area contributed by atoms with Gasteiger partial charge in [-0.2, -0.15) is 12.2 Å². The molecule has 2 rings (SSSR count). The zero-order valence-corrected chi connectivity index (χ0v) is 23.4. The van der Waals surface area contributed by atoms with E-state index in [4.69, 9.17) is 0 Å². The molecule has 0 aromatic rings. The molecule has 144 valence electrons. The molecule has 0 saturated heterocycles. The van der Waals surface area contributed by atoms with E-state index in [0.29, 0.717) is 0 Å². The van der Waals surface area contributed by atoms with Crippen molar-refractivity contribution in [3.63, 3.8) is 0 Å². The van der Waals surface area contributed by atoms with Crippen LogP contribution in [-0.4, -0.2) is 0 Å². The maximum Gasteiger partial charge on any atom is 4.00 e. The van der Waals surface area contributed by atoms with E-state index in [9.17, 15) is 0 Å². The summed E-state index contributed by atoms with van der Waals surface area (Å²) in [4.78, 5) is 0. The zero-order chi connectivity index (χ0) is 7.07. The Morgan fingerprint density at radius 2 is 0.739 bits per heavy atom. The van der Waals surface area contributed by atoms with E-state index in [-0.39, 0.29) is 144 Å². The van der Waals surface area contributed by atoms with Gasteiger partial charge in [0, 0.05) is 21.7 Å². The maximum absolute atomic E-state index is 2.99. The van der Waals surface area contributed by atoms with E-state index < -0.39 is 0 Å². The van der Waals surface area contributed by atoms with Gasteiger partial charge in [0.2, 0.25) is 0 Å². The molecular formula is C18H34Cl3HfTi-9. The van der Waals surface area contributed by atoms with Gasteiger partial charge in [-0.15, -0.1) is 12.8 Å². The van der Waals surface area contributed by atoms with Crippen LogP contribution in [0.5, 0.6) is 0 Å². The Morgan fingerprint density at radius 1 is 0.522 bits per heavy atom. The van der Waals surface area contributed by atoms with Crippen molar-refractivity contribution in [2.75, 3.05) is 0 Å². The van der Waals surface area contributed by atoms with Gasteiger partial charge in [-0.1, -0.05) is 0 Å². The second-order valence-electron chi connectivity index (χ2n) is 2.01. The second-order valence-corrected chi connectivity index (χ2v) is 2.01. The molecule has 0 aromatic heterocycles. The van der Waals surface area contributed by atoms with E-state index in [0.717, 1.165) is 12.8 Å². The minimum atomic E-state index is 0. The molecule has 0 radical (unpaired) electrons. The summed E-state index contributed by atoms with van der Waals surface area (Å²) in [6.45, 7) is 0. The summed E-state index contributed by atoms with van der Waals surface area (Å²) >= 11 is 0. The van der Waals surface area contributed by atoms with Crippen LogP contribution in [0.1, 0.15) is 12.8 Å². The fourth-order valence-corrected chi connectivity index (χ4v) is 0.680. The van der Waals surface area contributed by atoms with Gasteiger partial charge in [0.15, 0.2) is 0 Å². The first-order valence-corrected chi connectivity index (χ1v) is 3.43. The molecule has 5 heteroatoms. The van der Waals surface area contributed by atoms with Crippen LogP contribution in [0.25, 0.3) is 0 Å². The van der Waals surface area contributed by atoms with Gasteiger partial charge in [-0.05, 0) is 0 Å². The van der Waals surface area contributed by atoms with E-state index in [1.54, 1.807) is 0 Å². The van der Waals surface area contributed by atoms with Crippen molar-refractivity contribution in [3.8, 4) is 0 Å². The van der Waals surface area contributed by atoms with E-state index in [1.807, 2.05) is 24.3 Å². The first kappa shape index (κ1) is 103. The molecule has 23 heavy (non-hydrogen) atoms. The van der Waals surface area contributed by atoms with Gasteiger partial charge < -0.3 is 96.6 Å². The van der Waals surface area contributed by atoms with E-state index >= 15 is 0 Å². The molecule has 0 nitrogen and oxygen atoms in total. The van der Waals surface area contributed by atoms with Crippen LogP contribution in [0.4, 0.5) is 0 Å². The molecule has 0 atom stereocenters. The molecule has 0 spiro atoms. The van der Waals surface area contributed by atoms with Gasteiger partial charge in [-0.25, -0.2) is 24.3 Å². The predicted octanol–water partition coefficient (Wildman–Crippen LogP) is -2.78. The summed E-state index contributed by atoms with van der Waals surface area (Å²) in [5, 5.41) is 0. The van der Waals surface area contributed by atoms with Gasteiger partial charge in [0.25, 0.3) is 0 Å². The first-order chi connectivity index (χ1) is 5.00. The largest absolute Gasteiger partial charge is 4.00 e. The molecular weight excluding hydrogens is 549 g/mol. The molecule has 0 N–H and O–H groups in total. The Hall–Kier alpha value is 1.41. The smallest absolute Gasteiger partial charge is 1.00 e.